The van der Waals surface area contributed by atoms with Crippen LogP contribution in [0.5, 0.6) is 0 Å². The number of ether oxygens (including phenoxy) is 1. The average molecular weight is 514 g/mol. The van der Waals surface area contributed by atoms with Gasteiger partial charge in [0.25, 0.3) is 5.56 Å². The van der Waals surface area contributed by atoms with Gasteiger partial charge in [-0.05, 0) is 55.7 Å². The molecule has 0 unspecified atom stereocenters. The Balaban J connectivity index is 1.26. The van der Waals surface area contributed by atoms with E-state index >= 15 is 0 Å². The maximum Gasteiger partial charge on any atom is 0.338 e. The fourth-order valence-electron chi connectivity index (χ4n) is 4.57. The molecule has 2 aliphatic heterocycles. The van der Waals surface area contributed by atoms with Crippen LogP contribution in [0, 0.1) is 0 Å². The molecule has 4 heterocycles. The Bertz CT molecular complexity index is 1420. The van der Waals surface area contributed by atoms with Crippen LogP contribution in [0.25, 0.3) is 11.4 Å². The van der Waals surface area contributed by atoms with Crippen molar-refractivity contribution < 1.29 is 22.5 Å². The van der Waals surface area contributed by atoms with Crippen LogP contribution in [0.2, 0.25) is 0 Å². The van der Waals surface area contributed by atoms with E-state index in [4.69, 9.17) is 9.26 Å². The third-order valence-corrected chi connectivity index (χ3v) is 8.48. The Hall–Kier alpha value is -3.35. The van der Waals surface area contributed by atoms with Gasteiger partial charge in [-0.3, -0.25) is 4.79 Å². The molecule has 0 bridgehead atoms. The van der Waals surface area contributed by atoms with Crippen molar-refractivity contribution in [1.29, 1.82) is 0 Å². The molecule has 1 saturated heterocycles. The molecule has 11 nitrogen and oxygen atoms in total. The topological polar surface area (TPSA) is 147 Å². The summed E-state index contributed by atoms with van der Waals surface area (Å²) in [7, 11) is -3.71. The van der Waals surface area contributed by atoms with E-state index in [9.17, 15) is 18.0 Å². The molecule has 0 aliphatic carbocycles. The standard InChI is InChI=1S/C24H27N5O6S/c1-2-34-24(31)16-3-5-18(6-4-16)36(32,33)29-11-8-15(9-12-29)23-27-21(28-35-23)19-13-17-14-25-10-7-20(17)26-22(19)30/h3-6,13,15,25H,2,7-12,14H2,1H3,(H,26,30). The third kappa shape index (κ3) is 4.71. The van der Waals surface area contributed by atoms with Gasteiger partial charge in [-0.15, -0.1) is 0 Å². The molecule has 2 aliphatic rings. The van der Waals surface area contributed by atoms with Crippen molar-refractivity contribution in [3.05, 3.63) is 63.4 Å². The van der Waals surface area contributed by atoms with Crippen molar-refractivity contribution >= 4 is 16.0 Å². The highest BCUT2D eigenvalue weighted by molar-refractivity contribution is 7.89. The molecule has 1 fully saturated rings. The summed E-state index contributed by atoms with van der Waals surface area (Å²) in [5, 5.41) is 7.30. The number of hydrogen-bond acceptors (Lipinski definition) is 9. The monoisotopic (exact) mass is 513 g/mol. The molecule has 0 spiro atoms. The minimum Gasteiger partial charge on any atom is -0.462 e. The summed E-state index contributed by atoms with van der Waals surface area (Å²) >= 11 is 0. The van der Waals surface area contributed by atoms with Crippen LogP contribution in [0.4, 0.5) is 0 Å². The Morgan fingerprint density at radius 2 is 1.97 bits per heavy atom. The van der Waals surface area contributed by atoms with Gasteiger partial charge in [0, 0.05) is 44.2 Å². The second-order valence-electron chi connectivity index (χ2n) is 8.82. The molecule has 5 rings (SSSR count). The molecule has 190 valence electrons. The number of nitrogens with one attached hydrogen (secondary N) is 2. The van der Waals surface area contributed by atoms with E-state index < -0.39 is 16.0 Å². The van der Waals surface area contributed by atoms with Crippen LogP contribution in [0.3, 0.4) is 0 Å². The van der Waals surface area contributed by atoms with Crippen molar-refractivity contribution in [3.8, 4) is 11.4 Å². The first-order valence-corrected chi connectivity index (χ1v) is 13.4. The highest BCUT2D eigenvalue weighted by Gasteiger charge is 2.32. The molecule has 0 saturated carbocycles. The Morgan fingerprint density at radius 1 is 1.22 bits per heavy atom. The fraction of sp³-hybridized carbons (Fsp3) is 0.417. The normalized spacial score (nSPS) is 17.0. The Kier molecular flexibility index (Phi) is 6.73. The summed E-state index contributed by atoms with van der Waals surface area (Å²) in [4.78, 5) is 31.9. The number of carbonyl (C=O) groups excluding carboxylic acids is 1. The molecule has 36 heavy (non-hydrogen) atoms. The zero-order chi connectivity index (χ0) is 25.3. The summed E-state index contributed by atoms with van der Waals surface area (Å²) in [5.74, 6) is 0.0324. The highest BCUT2D eigenvalue weighted by atomic mass is 32.2. The fourth-order valence-corrected chi connectivity index (χ4v) is 6.04. The van der Waals surface area contributed by atoms with Crippen molar-refractivity contribution in [2.45, 2.75) is 43.5 Å². The summed E-state index contributed by atoms with van der Waals surface area (Å²) < 4.78 is 38.0. The largest absolute Gasteiger partial charge is 0.462 e. The van der Waals surface area contributed by atoms with E-state index in [1.165, 1.54) is 28.6 Å². The Morgan fingerprint density at radius 3 is 2.69 bits per heavy atom. The zero-order valence-corrected chi connectivity index (χ0v) is 20.6. The average Bonchev–Trinajstić information content (AvgIpc) is 3.39. The number of pyridine rings is 1. The minimum absolute atomic E-state index is 0.109. The number of esters is 1. The molecule has 1 aromatic carbocycles. The molecule has 0 radical (unpaired) electrons. The maximum absolute atomic E-state index is 13.1. The van der Waals surface area contributed by atoms with Gasteiger partial charge in [-0.1, -0.05) is 5.16 Å². The lowest BCUT2D eigenvalue weighted by atomic mass is 9.98. The SMILES string of the molecule is CCOC(=O)c1ccc(S(=O)(=O)N2CCC(c3nc(-c4cc5c([nH]c4=O)CCNC5)no3)CC2)cc1. The first-order valence-electron chi connectivity index (χ1n) is 11.9. The number of sulfonamides is 1. The van der Waals surface area contributed by atoms with Crippen molar-refractivity contribution in [2.24, 2.45) is 0 Å². The van der Waals surface area contributed by atoms with Crippen molar-refractivity contribution in [1.82, 2.24) is 24.7 Å². The predicted octanol–water partition coefficient (Wildman–Crippen LogP) is 1.82. The minimum atomic E-state index is -3.71. The predicted molar refractivity (Wildman–Crippen MR) is 129 cm³/mol. The number of hydrogen-bond donors (Lipinski definition) is 2. The van der Waals surface area contributed by atoms with Gasteiger partial charge in [0.15, 0.2) is 0 Å². The summed E-state index contributed by atoms with van der Waals surface area (Å²) in [5.41, 5.74) is 2.35. The molecule has 2 aromatic heterocycles. The van der Waals surface area contributed by atoms with Crippen LogP contribution in [0.15, 0.2) is 44.5 Å². The number of rotatable bonds is 6. The molecular formula is C24H27N5O6S. The number of aromatic nitrogens is 3. The lowest BCUT2D eigenvalue weighted by Gasteiger charge is -2.29. The highest BCUT2D eigenvalue weighted by Crippen LogP contribution is 2.31. The lowest BCUT2D eigenvalue weighted by Crippen LogP contribution is -2.38. The van der Waals surface area contributed by atoms with Crippen LogP contribution in [-0.2, 0) is 27.7 Å². The van der Waals surface area contributed by atoms with Gasteiger partial charge in [-0.2, -0.15) is 9.29 Å². The number of piperidine rings is 1. The zero-order valence-electron chi connectivity index (χ0n) is 19.8. The number of benzene rings is 1. The molecule has 2 N–H and O–H groups in total. The number of H-pyrrole nitrogens is 1. The molecule has 3 aromatic rings. The van der Waals surface area contributed by atoms with E-state index in [2.05, 4.69) is 20.4 Å². The lowest BCUT2D eigenvalue weighted by molar-refractivity contribution is 0.0526. The number of fused-ring (bicyclic) bond motifs is 1. The number of nitrogens with zero attached hydrogens (tertiary/aromatic N) is 3. The van der Waals surface area contributed by atoms with Crippen molar-refractivity contribution in [2.75, 3.05) is 26.2 Å². The first kappa shape index (κ1) is 24.3. The van der Waals surface area contributed by atoms with E-state index in [0.29, 0.717) is 36.4 Å². The number of aromatic amines is 1. The van der Waals surface area contributed by atoms with Gasteiger partial charge >= 0.3 is 5.97 Å². The van der Waals surface area contributed by atoms with Gasteiger partial charge in [-0.25, -0.2) is 13.2 Å². The van der Waals surface area contributed by atoms with Crippen LogP contribution in [-0.4, -0.2) is 60.1 Å². The second-order valence-corrected chi connectivity index (χ2v) is 10.8. The summed E-state index contributed by atoms with van der Waals surface area (Å²) in [6.45, 7) is 4.02. The second kappa shape index (κ2) is 9.96. The maximum atomic E-state index is 13.1. The Labute approximate surface area is 207 Å². The van der Waals surface area contributed by atoms with Gasteiger partial charge in [0.2, 0.25) is 21.7 Å². The quantitative estimate of drug-likeness (QED) is 0.471. The molecular weight excluding hydrogens is 486 g/mol. The summed E-state index contributed by atoms with van der Waals surface area (Å²) in [6.07, 6.45) is 1.78. The van der Waals surface area contributed by atoms with Crippen LogP contribution >= 0.6 is 0 Å². The van der Waals surface area contributed by atoms with Gasteiger partial charge in [0.05, 0.1) is 22.6 Å². The van der Waals surface area contributed by atoms with E-state index in [0.717, 1.165) is 24.2 Å². The van der Waals surface area contributed by atoms with E-state index in [-0.39, 0.29) is 41.9 Å². The van der Waals surface area contributed by atoms with E-state index in [1.54, 1.807) is 13.0 Å². The number of carbonyl (C=O) groups is 1. The molecule has 12 heteroatoms. The van der Waals surface area contributed by atoms with Gasteiger partial charge in [0.1, 0.15) is 0 Å². The van der Waals surface area contributed by atoms with Crippen LogP contribution in [0.1, 0.15) is 53.2 Å². The van der Waals surface area contributed by atoms with Crippen LogP contribution < -0.4 is 10.9 Å². The third-order valence-electron chi connectivity index (χ3n) is 6.57. The molecule has 0 amide bonds. The summed E-state index contributed by atoms with van der Waals surface area (Å²) in [6, 6.07) is 7.55. The molecule has 0 atom stereocenters. The van der Waals surface area contributed by atoms with E-state index in [1.807, 2.05) is 0 Å². The first-order chi connectivity index (χ1) is 17.4. The van der Waals surface area contributed by atoms with Crippen molar-refractivity contribution in [3.63, 3.8) is 0 Å². The van der Waals surface area contributed by atoms with Gasteiger partial charge < -0.3 is 19.6 Å². The smallest absolute Gasteiger partial charge is 0.338 e.